The number of amides is 2. The zero-order valence-corrected chi connectivity index (χ0v) is 12.5. The summed E-state index contributed by atoms with van der Waals surface area (Å²) >= 11 is 0. The van der Waals surface area contributed by atoms with Gasteiger partial charge in [-0.1, -0.05) is 6.07 Å². The zero-order valence-electron chi connectivity index (χ0n) is 12.5. The molecule has 122 valence electrons. The van der Waals surface area contributed by atoms with Crippen molar-refractivity contribution in [2.45, 2.75) is 12.5 Å². The number of urea groups is 1. The number of nitrogens with one attached hydrogen (secondary N) is 1. The standard InChI is InChI=1S/C15H20F2N2O3/c1-21-10-11-9-19(7-8-22-11)15(20)18-6-5-12-13(16)3-2-4-14(12)17/h2-4,11H,5-10H2,1H3,(H,18,20)/t11-/m1/s1. The molecule has 2 rings (SSSR count). The maximum Gasteiger partial charge on any atom is 0.317 e. The molecule has 2 amide bonds. The van der Waals surface area contributed by atoms with Crippen molar-refractivity contribution in [3.05, 3.63) is 35.4 Å². The second-order valence-corrected chi connectivity index (χ2v) is 5.08. The SMILES string of the molecule is COC[C@H]1CN(C(=O)NCCc2c(F)cccc2F)CCO1. The van der Waals surface area contributed by atoms with Crippen LogP contribution in [0.3, 0.4) is 0 Å². The van der Waals surface area contributed by atoms with Crippen molar-refractivity contribution >= 4 is 6.03 Å². The van der Waals surface area contributed by atoms with Crippen LogP contribution in [0.4, 0.5) is 13.6 Å². The maximum atomic E-state index is 13.5. The number of carbonyl (C=O) groups excluding carboxylic acids is 1. The summed E-state index contributed by atoms with van der Waals surface area (Å²) < 4.78 is 37.4. The molecular weight excluding hydrogens is 294 g/mol. The number of halogens is 2. The van der Waals surface area contributed by atoms with Gasteiger partial charge in [-0.15, -0.1) is 0 Å². The van der Waals surface area contributed by atoms with E-state index < -0.39 is 11.6 Å². The van der Waals surface area contributed by atoms with Crippen LogP contribution >= 0.6 is 0 Å². The summed E-state index contributed by atoms with van der Waals surface area (Å²) in [6.45, 7) is 1.96. The number of rotatable bonds is 5. The Bertz CT molecular complexity index is 491. The average molecular weight is 314 g/mol. The highest BCUT2D eigenvalue weighted by molar-refractivity contribution is 5.74. The predicted octanol–water partition coefficient (Wildman–Crippen LogP) is 1.56. The molecule has 0 unspecified atom stereocenters. The van der Waals surface area contributed by atoms with Gasteiger partial charge in [-0.25, -0.2) is 13.6 Å². The van der Waals surface area contributed by atoms with Crippen LogP contribution in [0.1, 0.15) is 5.56 Å². The van der Waals surface area contributed by atoms with Gasteiger partial charge in [0.2, 0.25) is 0 Å². The Hall–Kier alpha value is -1.73. The predicted molar refractivity (Wildman–Crippen MR) is 76.6 cm³/mol. The molecule has 1 heterocycles. The minimum absolute atomic E-state index is 0.0120. The molecule has 1 aliphatic rings. The fourth-order valence-corrected chi connectivity index (χ4v) is 2.37. The molecular formula is C15H20F2N2O3. The Morgan fingerprint density at radius 2 is 2.18 bits per heavy atom. The molecule has 7 heteroatoms. The Balaban J connectivity index is 1.80. The Labute approximate surface area is 128 Å². The van der Waals surface area contributed by atoms with E-state index in [1.807, 2.05) is 0 Å². The third kappa shape index (κ3) is 4.38. The molecule has 1 fully saturated rings. The first-order valence-electron chi connectivity index (χ1n) is 7.18. The minimum Gasteiger partial charge on any atom is -0.382 e. The van der Waals surface area contributed by atoms with Gasteiger partial charge in [0.15, 0.2) is 0 Å². The number of benzene rings is 1. The van der Waals surface area contributed by atoms with Gasteiger partial charge in [-0.05, 0) is 18.6 Å². The topological polar surface area (TPSA) is 50.8 Å². The van der Waals surface area contributed by atoms with Gasteiger partial charge in [0.25, 0.3) is 0 Å². The molecule has 0 saturated carbocycles. The van der Waals surface area contributed by atoms with Crippen LogP contribution in [0.5, 0.6) is 0 Å². The third-order valence-electron chi connectivity index (χ3n) is 3.49. The van der Waals surface area contributed by atoms with Crippen molar-refractivity contribution in [1.29, 1.82) is 0 Å². The normalized spacial score (nSPS) is 18.3. The van der Waals surface area contributed by atoms with Crippen molar-refractivity contribution in [3.63, 3.8) is 0 Å². The van der Waals surface area contributed by atoms with E-state index in [9.17, 15) is 13.6 Å². The lowest BCUT2D eigenvalue weighted by Crippen LogP contribution is -2.51. The number of morpholine rings is 1. The summed E-state index contributed by atoms with van der Waals surface area (Å²) in [5.74, 6) is -1.19. The summed E-state index contributed by atoms with van der Waals surface area (Å²) in [4.78, 5) is 13.7. The molecule has 1 saturated heterocycles. The number of hydrogen-bond donors (Lipinski definition) is 1. The van der Waals surface area contributed by atoms with Crippen molar-refractivity contribution < 1.29 is 23.0 Å². The van der Waals surface area contributed by atoms with Gasteiger partial charge in [0, 0.05) is 25.8 Å². The molecule has 0 spiro atoms. The second kappa shape index (κ2) is 8.05. The van der Waals surface area contributed by atoms with Gasteiger partial charge in [-0.2, -0.15) is 0 Å². The van der Waals surface area contributed by atoms with Gasteiger partial charge in [0.05, 0.1) is 25.9 Å². The first-order chi connectivity index (χ1) is 10.6. The summed E-state index contributed by atoms with van der Waals surface area (Å²) in [6, 6.07) is 3.46. The van der Waals surface area contributed by atoms with E-state index in [1.54, 1.807) is 12.0 Å². The van der Waals surface area contributed by atoms with E-state index >= 15 is 0 Å². The molecule has 0 aliphatic carbocycles. The fraction of sp³-hybridized carbons (Fsp3) is 0.533. The van der Waals surface area contributed by atoms with Crippen molar-refractivity contribution in [3.8, 4) is 0 Å². The van der Waals surface area contributed by atoms with E-state index in [2.05, 4.69) is 5.32 Å². The van der Waals surface area contributed by atoms with E-state index in [-0.39, 0.29) is 30.7 Å². The molecule has 0 bridgehead atoms. The molecule has 1 aromatic carbocycles. The highest BCUT2D eigenvalue weighted by Gasteiger charge is 2.23. The molecule has 0 radical (unpaired) electrons. The van der Waals surface area contributed by atoms with E-state index in [0.29, 0.717) is 26.3 Å². The highest BCUT2D eigenvalue weighted by Crippen LogP contribution is 2.12. The lowest BCUT2D eigenvalue weighted by Gasteiger charge is -2.32. The monoisotopic (exact) mass is 314 g/mol. The summed E-state index contributed by atoms with van der Waals surface area (Å²) in [6.07, 6.45) is -0.0377. The van der Waals surface area contributed by atoms with Gasteiger partial charge in [0.1, 0.15) is 11.6 Å². The van der Waals surface area contributed by atoms with Crippen LogP contribution < -0.4 is 5.32 Å². The molecule has 1 N–H and O–H groups in total. The molecule has 1 aromatic rings. The lowest BCUT2D eigenvalue weighted by molar-refractivity contribution is -0.0494. The fourth-order valence-electron chi connectivity index (χ4n) is 2.37. The van der Waals surface area contributed by atoms with Crippen LogP contribution in [0.15, 0.2) is 18.2 Å². The van der Waals surface area contributed by atoms with Crippen LogP contribution in [0, 0.1) is 11.6 Å². The quantitative estimate of drug-likeness (QED) is 0.897. The molecule has 1 atom stereocenters. The zero-order chi connectivity index (χ0) is 15.9. The number of methoxy groups -OCH3 is 1. The Kier molecular flexibility index (Phi) is 6.09. The van der Waals surface area contributed by atoms with E-state index in [1.165, 1.54) is 18.2 Å². The molecule has 1 aliphatic heterocycles. The molecule has 22 heavy (non-hydrogen) atoms. The second-order valence-electron chi connectivity index (χ2n) is 5.08. The van der Waals surface area contributed by atoms with Crippen molar-refractivity contribution in [2.75, 3.05) is 40.0 Å². The first kappa shape index (κ1) is 16.6. The lowest BCUT2D eigenvalue weighted by atomic mass is 10.1. The van der Waals surface area contributed by atoms with Crippen molar-refractivity contribution in [1.82, 2.24) is 10.2 Å². The summed E-state index contributed by atoms with van der Waals surface area (Å²) in [5.41, 5.74) is -0.0120. The number of carbonyl (C=O) groups is 1. The van der Waals surface area contributed by atoms with Gasteiger partial charge < -0.3 is 19.7 Å². The number of hydrogen-bond acceptors (Lipinski definition) is 3. The summed E-state index contributed by atoms with van der Waals surface area (Å²) in [7, 11) is 1.57. The average Bonchev–Trinajstić information content (AvgIpc) is 2.51. The Morgan fingerprint density at radius 3 is 2.86 bits per heavy atom. The van der Waals surface area contributed by atoms with E-state index in [0.717, 1.165) is 0 Å². The Morgan fingerprint density at radius 1 is 1.45 bits per heavy atom. The first-order valence-corrected chi connectivity index (χ1v) is 7.18. The van der Waals surface area contributed by atoms with Crippen LogP contribution in [0.25, 0.3) is 0 Å². The summed E-state index contributed by atoms with van der Waals surface area (Å²) in [5, 5.41) is 2.68. The van der Waals surface area contributed by atoms with Crippen LogP contribution in [0.2, 0.25) is 0 Å². The van der Waals surface area contributed by atoms with Crippen LogP contribution in [-0.2, 0) is 15.9 Å². The number of nitrogens with zero attached hydrogens (tertiary/aromatic N) is 1. The minimum atomic E-state index is -0.596. The van der Waals surface area contributed by atoms with Crippen molar-refractivity contribution in [2.24, 2.45) is 0 Å². The molecule has 5 nitrogen and oxygen atoms in total. The highest BCUT2D eigenvalue weighted by atomic mass is 19.1. The molecule has 0 aromatic heterocycles. The van der Waals surface area contributed by atoms with E-state index in [4.69, 9.17) is 9.47 Å². The smallest absolute Gasteiger partial charge is 0.317 e. The maximum absolute atomic E-state index is 13.5. The van der Waals surface area contributed by atoms with Crippen LogP contribution in [-0.4, -0.2) is 57.0 Å². The van der Waals surface area contributed by atoms with Gasteiger partial charge in [-0.3, -0.25) is 0 Å². The number of ether oxygens (including phenoxy) is 2. The largest absolute Gasteiger partial charge is 0.382 e. The third-order valence-corrected chi connectivity index (χ3v) is 3.49. The van der Waals surface area contributed by atoms with Gasteiger partial charge >= 0.3 is 6.03 Å².